The average Bonchev–Trinajstić information content (AvgIpc) is 3.07. The fourth-order valence-corrected chi connectivity index (χ4v) is 2.44. The monoisotopic (exact) mass is 369 g/mol. The summed E-state index contributed by atoms with van der Waals surface area (Å²) in [6, 6.07) is 10.9. The quantitative estimate of drug-likeness (QED) is 0.383. The molecule has 0 saturated heterocycles. The van der Waals surface area contributed by atoms with Gasteiger partial charge in [0, 0.05) is 24.7 Å². The Bertz CT molecular complexity index is 1040. The molecule has 0 atom stereocenters. The van der Waals surface area contributed by atoms with E-state index < -0.39 is 15.5 Å². The zero-order valence-electron chi connectivity index (χ0n) is 14.3. The van der Waals surface area contributed by atoms with Gasteiger partial charge in [0.25, 0.3) is 5.69 Å². The molecule has 11 heteroatoms. The van der Waals surface area contributed by atoms with Crippen LogP contribution in [0.25, 0.3) is 11.0 Å². The van der Waals surface area contributed by atoms with Crippen LogP contribution in [-0.2, 0) is 6.54 Å². The number of nitro groups is 2. The van der Waals surface area contributed by atoms with Crippen molar-refractivity contribution in [2.45, 2.75) is 19.9 Å². The van der Waals surface area contributed by atoms with Crippen LogP contribution in [0.2, 0.25) is 0 Å². The van der Waals surface area contributed by atoms with Crippen molar-refractivity contribution in [1.29, 1.82) is 0 Å². The lowest BCUT2D eigenvalue weighted by molar-refractivity contribution is -0.393. The van der Waals surface area contributed by atoms with E-state index in [1.165, 1.54) is 12.1 Å². The summed E-state index contributed by atoms with van der Waals surface area (Å²) in [5, 5.41) is 34.2. The number of nitrogens with zero attached hydrogens (tertiary/aromatic N) is 6. The van der Waals surface area contributed by atoms with Crippen molar-refractivity contribution in [1.82, 2.24) is 15.0 Å². The van der Waals surface area contributed by atoms with Gasteiger partial charge in [-0.15, -0.1) is 5.10 Å². The third-order valence-electron chi connectivity index (χ3n) is 3.86. The van der Waals surface area contributed by atoms with Crippen LogP contribution in [0, 0.1) is 20.2 Å². The molecule has 3 rings (SSSR count). The van der Waals surface area contributed by atoms with E-state index in [-0.39, 0.29) is 11.4 Å². The van der Waals surface area contributed by atoms with Gasteiger partial charge in [-0.2, -0.15) is 5.10 Å². The van der Waals surface area contributed by atoms with Gasteiger partial charge >= 0.3 is 5.69 Å². The maximum absolute atomic E-state index is 11.1. The third-order valence-corrected chi connectivity index (χ3v) is 3.86. The first-order valence-corrected chi connectivity index (χ1v) is 7.96. The van der Waals surface area contributed by atoms with Gasteiger partial charge in [-0.1, -0.05) is 17.3 Å². The molecule has 138 valence electrons. The number of aryl methyl sites for hydroxylation is 1. The minimum Gasteiger partial charge on any atom is -0.272 e. The number of aromatic nitrogens is 3. The van der Waals surface area contributed by atoms with E-state index in [4.69, 9.17) is 0 Å². The largest absolute Gasteiger partial charge is 0.301 e. The van der Waals surface area contributed by atoms with Crippen molar-refractivity contribution >= 4 is 33.8 Å². The number of fused-ring (bicyclic) bond motifs is 1. The highest BCUT2D eigenvalue weighted by atomic mass is 16.6. The second-order valence-electron chi connectivity index (χ2n) is 5.73. The Labute approximate surface area is 152 Å². The summed E-state index contributed by atoms with van der Waals surface area (Å²) in [6.07, 6.45) is 0.543. The molecule has 27 heavy (non-hydrogen) atoms. The first-order valence-electron chi connectivity index (χ1n) is 7.96. The summed E-state index contributed by atoms with van der Waals surface area (Å²) in [5.74, 6) is 0. The number of non-ortho nitro benzene ring substituents is 1. The minimum atomic E-state index is -0.693. The number of benzene rings is 2. The standard InChI is InChI=1S/C16H15N7O4/c1-11(8-9-21-15-5-3-2-4-13(15)19-20-21)17-18-14-7-6-12(22(24)25)10-16(14)23(26)27/h2-7,10,18H,8-9H2,1H3/b17-11-. The molecule has 0 spiro atoms. The van der Waals surface area contributed by atoms with Gasteiger partial charge in [-0.25, -0.2) is 4.68 Å². The molecule has 1 aromatic heterocycles. The van der Waals surface area contributed by atoms with Crippen LogP contribution in [0.4, 0.5) is 17.1 Å². The number of rotatable bonds is 7. The van der Waals surface area contributed by atoms with Crippen molar-refractivity contribution in [2.75, 3.05) is 5.43 Å². The van der Waals surface area contributed by atoms with Crippen LogP contribution in [0.5, 0.6) is 0 Å². The summed E-state index contributed by atoms with van der Waals surface area (Å²) in [7, 11) is 0. The Kier molecular flexibility index (Phi) is 5.01. The lowest BCUT2D eigenvalue weighted by atomic mass is 10.2. The molecule has 1 N–H and O–H groups in total. The maximum atomic E-state index is 11.1. The molecule has 0 radical (unpaired) electrons. The van der Waals surface area contributed by atoms with Crippen LogP contribution in [0.15, 0.2) is 47.6 Å². The Balaban J connectivity index is 1.70. The predicted octanol–water partition coefficient (Wildman–Crippen LogP) is 3.13. The van der Waals surface area contributed by atoms with Gasteiger partial charge in [-0.3, -0.25) is 25.7 Å². The number of nitro benzene ring substituents is 2. The Morgan fingerprint density at radius 2 is 1.96 bits per heavy atom. The van der Waals surface area contributed by atoms with Crippen LogP contribution >= 0.6 is 0 Å². The van der Waals surface area contributed by atoms with E-state index >= 15 is 0 Å². The summed E-state index contributed by atoms with van der Waals surface area (Å²) in [5.41, 5.74) is 4.30. The van der Waals surface area contributed by atoms with Crippen LogP contribution in [0.3, 0.4) is 0 Å². The molecule has 0 bridgehead atoms. The van der Waals surface area contributed by atoms with Crippen LogP contribution in [0.1, 0.15) is 13.3 Å². The molecule has 0 unspecified atom stereocenters. The molecule has 0 aliphatic rings. The summed E-state index contributed by atoms with van der Waals surface area (Å²) in [6.45, 7) is 2.31. The zero-order chi connectivity index (χ0) is 19.4. The van der Waals surface area contributed by atoms with Crippen molar-refractivity contribution in [3.05, 3.63) is 62.7 Å². The number of hydrogen-bond donors (Lipinski definition) is 1. The Morgan fingerprint density at radius 1 is 1.19 bits per heavy atom. The molecule has 0 fully saturated rings. The molecular weight excluding hydrogens is 354 g/mol. The third kappa shape index (κ3) is 4.03. The Hall–Kier alpha value is -3.89. The van der Waals surface area contributed by atoms with Gasteiger partial charge in [0.05, 0.1) is 21.4 Å². The number of anilines is 1. The summed E-state index contributed by atoms with van der Waals surface area (Å²) in [4.78, 5) is 20.5. The van der Waals surface area contributed by atoms with Crippen LogP contribution < -0.4 is 5.43 Å². The topological polar surface area (TPSA) is 141 Å². The fraction of sp³-hybridized carbons (Fsp3) is 0.188. The van der Waals surface area contributed by atoms with E-state index in [1.807, 2.05) is 24.3 Å². The maximum Gasteiger partial charge on any atom is 0.301 e. The van der Waals surface area contributed by atoms with E-state index in [0.717, 1.165) is 17.1 Å². The zero-order valence-corrected chi connectivity index (χ0v) is 14.3. The second-order valence-corrected chi connectivity index (χ2v) is 5.73. The molecule has 3 aromatic rings. The van der Waals surface area contributed by atoms with Gasteiger partial charge in [0.15, 0.2) is 0 Å². The number of para-hydroxylation sites is 1. The average molecular weight is 369 g/mol. The van der Waals surface area contributed by atoms with Crippen molar-refractivity contribution in [2.24, 2.45) is 5.10 Å². The van der Waals surface area contributed by atoms with Crippen molar-refractivity contribution in [3.8, 4) is 0 Å². The SMILES string of the molecule is C/C(CCn1nnc2ccccc21)=N/Nc1ccc([N+](=O)[O-])cc1[N+](=O)[O-]. The first kappa shape index (κ1) is 17.9. The normalized spacial score (nSPS) is 11.5. The van der Waals surface area contributed by atoms with E-state index in [0.29, 0.717) is 18.7 Å². The number of hydrazone groups is 1. The smallest absolute Gasteiger partial charge is 0.272 e. The molecule has 1 heterocycles. The second kappa shape index (κ2) is 7.56. The summed E-state index contributed by atoms with van der Waals surface area (Å²) >= 11 is 0. The van der Waals surface area contributed by atoms with Gasteiger partial charge < -0.3 is 0 Å². The van der Waals surface area contributed by atoms with E-state index in [9.17, 15) is 20.2 Å². The highest BCUT2D eigenvalue weighted by Gasteiger charge is 2.19. The number of hydrogen-bond acceptors (Lipinski definition) is 8. The lowest BCUT2D eigenvalue weighted by Crippen LogP contribution is -2.07. The van der Waals surface area contributed by atoms with Gasteiger partial charge in [-0.05, 0) is 25.1 Å². The molecular formula is C16H15N7O4. The Morgan fingerprint density at radius 3 is 2.70 bits per heavy atom. The molecule has 11 nitrogen and oxygen atoms in total. The first-order chi connectivity index (χ1) is 13.0. The fourth-order valence-electron chi connectivity index (χ4n) is 2.44. The van der Waals surface area contributed by atoms with Crippen LogP contribution in [-0.4, -0.2) is 30.6 Å². The lowest BCUT2D eigenvalue weighted by Gasteiger charge is -2.05. The van der Waals surface area contributed by atoms with Crippen molar-refractivity contribution in [3.63, 3.8) is 0 Å². The highest BCUT2D eigenvalue weighted by Crippen LogP contribution is 2.28. The molecule has 0 amide bonds. The van der Waals surface area contributed by atoms with Gasteiger partial charge in [0.2, 0.25) is 0 Å². The predicted molar refractivity (Wildman–Crippen MR) is 98.6 cm³/mol. The summed E-state index contributed by atoms with van der Waals surface area (Å²) < 4.78 is 1.75. The molecule has 2 aromatic carbocycles. The molecule has 0 aliphatic heterocycles. The number of nitrogens with one attached hydrogen (secondary N) is 1. The minimum absolute atomic E-state index is 0.0798. The van der Waals surface area contributed by atoms with E-state index in [1.54, 1.807) is 11.6 Å². The molecule has 0 saturated carbocycles. The van der Waals surface area contributed by atoms with Gasteiger partial charge in [0.1, 0.15) is 11.2 Å². The van der Waals surface area contributed by atoms with E-state index in [2.05, 4.69) is 20.8 Å². The molecule has 0 aliphatic carbocycles. The highest BCUT2D eigenvalue weighted by molar-refractivity contribution is 5.83. The van der Waals surface area contributed by atoms with Crippen molar-refractivity contribution < 1.29 is 9.85 Å².